The molecule has 0 saturated carbocycles. The highest BCUT2D eigenvalue weighted by Crippen LogP contribution is 2.41. The fourth-order valence-corrected chi connectivity index (χ4v) is 2.41. The van der Waals surface area contributed by atoms with Crippen molar-refractivity contribution in [3.05, 3.63) is 41.7 Å². The predicted octanol–water partition coefficient (Wildman–Crippen LogP) is 0.820. The second-order valence-electron chi connectivity index (χ2n) is 4.92. The van der Waals surface area contributed by atoms with Crippen molar-refractivity contribution in [2.24, 2.45) is 0 Å². The molecule has 0 radical (unpaired) electrons. The molecule has 1 unspecified atom stereocenters. The number of benzene rings is 1. The van der Waals surface area contributed by atoms with Crippen LogP contribution < -0.4 is 4.18 Å². The zero-order chi connectivity index (χ0) is 16.0. The van der Waals surface area contributed by atoms with Crippen LogP contribution in [0, 0.1) is 11.6 Å². The Kier molecular flexibility index (Phi) is 3.37. The van der Waals surface area contributed by atoms with E-state index in [0.717, 1.165) is 18.4 Å². The smallest absolute Gasteiger partial charge is 0.351 e. The molecule has 3 rings (SSSR count). The summed E-state index contributed by atoms with van der Waals surface area (Å²) in [6.07, 6.45) is 2.11. The molecule has 118 valence electrons. The van der Waals surface area contributed by atoms with Gasteiger partial charge in [0.05, 0.1) is 19.4 Å². The Labute approximate surface area is 124 Å². The highest BCUT2D eigenvalue weighted by Gasteiger charge is 2.49. The van der Waals surface area contributed by atoms with Crippen molar-refractivity contribution < 1.29 is 26.1 Å². The van der Waals surface area contributed by atoms with Crippen LogP contribution in [0.5, 0.6) is 6.01 Å². The molecule has 7 nitrogen and oxygen atoms in total. The quantitative estimate of drug-likeness (QED) is 0.595. The first kappa shape index (κ1) is 14.9. The fourth-order valence-electron chi connectivity index (χ4n) is 2.07. The number of aromatic nitrogens is 3. The molecule has 1 atom stereocenters. The third-order valence-corrected chi connectivity index (χ3v) is 3.53. The van der Waals surface area contributed by atoms with Crippen LogP contribution in [0.4, 0.5) is 8.78 Å². The lowest BCUT2D eigenvalue weighted by Gasteiger charge is -2.12. The van der Waals surface area contributed by atoms with Crippen molar-refractivity contribution in [2.45, 2.75) is 12.1 Å². The average molecular weight is 331 g/mol. The SMILES string of the molecule is CS(=O)(=O)Oc1ncn(CC2(c3ccc(F)cc3F)CO2)n1. The zero-order valence-electron chi connectivity index (χ0n) is 11.4. The van der Waals surface area contributed by atoms with E-state index in [1.54, 1.807) is 0 Å². The Balaban J connectivity index is 1.81. The summed E-state index contributed by atoms with van der Waals surface area (Å²) in [5.41, 5.74) is -0.761. The predicted molar refractivity (Wildman–Crippen MR) is 69.5 cm³/mol. The lowest BCUT2D eigenvalue weighted by atomic mass is 9.99. The molecule has 2 aromatic rings. The van der Waals surface area contributed by atoms with Crippen molar-refractivity contribution in [3.63, 3.8) is 0 Å². The van der Waals surface area contributed by atoms with Crippen LogP contribution in [0.25, 0.3) is 0 Å². The summed E-state index contributed by atoms with van der Waals surface area (Å²) in [6, 6.07) is 2.89. The van der Waals surface area contributed by atoms with Crippen molar-refractivity contribution >= 4 is 10.1 Å². The Bertz CT molecular complexity index is 818. The average Bonchev–Trinajstić information content (AvgIpc) is 3.02. The van der Waals surface area contributed by atoms with Gasteiger partial charge in [-0.25, -0.2) is 13.5 Å². The van der Waals surface area contributed by atoms with Gasteiger partial charge in [-0.1, -0.05) is 6.07 Å². The summed E-state index contributed by atoms with van der Waals surface area (Å²) in [5, 5.41) is 3.82. The van der Waals surface area contributed by atoms with Gasteiger partial charge in [0.2, 0.25) is 0 Å². The molecule has 1 fully saturated rings. The second-order valence-corrected chi connectivity index (χ2v) is 6.49. The Morgan fingerprint density at radius 1 is 1.45 bits per heavy atom. The maximum Gasteiger partial charge on any atom is 0.351 e. The van der Waals surface area contributed by atoms with E-state index < -0.39 is 27.4 Å². The molecule has 22 heavy (non-hydrogen) atoms. The van der Waals surface area contributed by atoms with Crippen LogP contribution in [0.1, 0.15) is 5.56 Å². The lowest BCUT2D eigenvalue weighted by Crippen LogP contribution is -2.20. The molecule has 1 saturated heterocycles. The van der Waals surface area contributed by atoms with Crippen molar-refractivity contribution in [2.75, 3.05) is 12.9 Å². The number of hydrogen-bond acceptors (Lipinski definition) is 6. The summed E-state index contributed by atoms with van der Waals surface area (Å²) in [4.78, 5) is 3.68. The molecular weight excluding hydrogens is 320 g/mol. The number of rotatable bonds is 5. The molecule has 10 heteroatoms. The maximum atomic E-state index is 13.8. The summed E-state index contributed by atoms with van der Waals surface area (Å²) < 4.78 is 59.9. The monoisotopic (exact) mass is 331 g/mol. The van der Waals surface area contributed by atoms with Gasteiger partial charge in [0, 0.05) is 11.6 Å². The summed E-state index contributed by atoms with van der Waals surface area (Å²) in [6.45, 7) is 0.327. The van der Waals surface area contributed by atoms with Gasteiger partial charge in [-0.15, -0.1) is 5.10 Å². The third kappa shape index (κ3) is 3.07. The first-order valence-electron chi connectivity index (χ1n) is 6.16. The Morgan fingerprint density at radius 2 is 2.18 bits per heavy atom. The molecule has 0 spiro atoms. The van der Waals surface area contributed by atoms with Gasteiger partial charge in [0.25, 0.3) is 0 Å². The van der Waals surface area contributed by atoms with Crippen molar-refractivity contribution in [1.82, 2.24) is 14.8 Å². The van der Waals surface area contributed by atoms with Gasteiger partial charge in [0.15, 0.2) is 0 Å². The van der Waals surface area contributed by atoms with E-state index in [1.165, 1.54) is 17.1 Å². The molecular formula is C12H11F2N3O4S. The molecule has 1 aliphatic rings. The largest absolute Gasteiger partial charge is 0.362 e. The molecule has 0 amide bonds. The minimum Gasteiger partial charge on any atom is -0.362 e. The van der Waals surface area contributed by atoms with E-state index in [0.29, 0.717) is 0 Å². The first-order valence-corrected chi connectivity index (χ1v) is 7.97. The molecule has 0 bridgehead atoms. The highest BCUT2D eigenvalue weighted by atomic mass is 32.2. The first-order chi connectivity index (χ1) is 10.3. The van der Waals surface area contributed by atoms with E-state index in [1.807, 2.05) is 0 Å². The van der Waals surface area contributed by atoms with Gasteiger partial charge in [0.1, 0.15) is 23.6 Å². The molecule has 2 heterocycles. The fraction of sp³-hybridized carbons (Fsp3) is 0.333. The summed E-state index contributed by atoms with van der Waals surface area (Å²) in [5.74, 6) is -1.40. The van der Waals surface area contributed by atoms with E-state index in [4.69, 9.17) is 4.74 Å². The minimum absolute atomic E-state index is 0.0929. The highest BCUT2D eigenvalue weighted by molar-refractivity contribution is 7.86. The number of nitrogens with zero attached hydrogens (tertiary/aromatic N) is 3. The van der Waals surface area contributed by atoms with Gasteiger partial charge in [-0.3, -0.25) is 0 Å². The van der Waals surface area contributed by atoms with Crippen molar-refractivity contribution in [3.8, 4) is 6.01 Å². The molecule has 0 N–H and O–H groups in total. The molecule has 1 aliphatic heterocycles. The normalized spacial score (nSPS) is 20.9. The zero-order valence-corrected chi connectivity index (χ0v) is 12.2. The second kappa shape index (κ2) is 4.99. The van der Waals surface area contributed by atoms with Gasteiger partial charge in [-0.2, -0.15) is 13.4 Å². The Morgan fingerprint density at radius 3 is 2.77 bits per heavy atom. The number of halogens is 2. The minimum atomic E-state index is -3.73. The van der Waals surface area contributed by atoms with E-state index in [9.17, 15) is 17.2 Å². The van der Waals surface area contributed by atoms with E-state index >= 15 is 0 Å². The van der Waals surface area contributed by atoms with Gasteiger partial charge in [-0.05, 0) is 6.07 Å². The summed E-state index contributed by atoms with van der Waals surface area (Å²) >= 11 is 0. The summed E-state index contributed by atoms with van der Waals surface area (Å²) in [7, 11) is -3.73. The van der Waals surface area contributed by atoms with E-state index in [-0.39, 0.29) is 24.7 Å². The van der Waals surface area contributed by atoms with Gasteiger partial charge >= 0.3 is 16.1 Å². The molecule has 0 aliphatic carbocycles. The van der Waals surface area contributed by atoms with Crippen LogP contribution in [-0.4, -0.2) is 36.0 Å². The van der Waals surface area contributed by atoms with E-state index in [2.05, 4.69) is 14.3 Å². The van der Waals surface area contributed by atoms with Crippen LogP contribution in [0.2, 0.25) is 0 Å². The number of hydrogen-bond donors (Lipinski definition) is 0. The third-order valence-electron chi connectivity index (χ3n) is 3.07. The standard InChI is InChI=1S/C12H11F2N3O4S/c1-22(18,19)21-11-15-7-17(16-11)5-12(6-20-12)9-3-2-8(13)4-10(9)14/h2-4,7H,5-6H2,1H3. The van der Waals surface area contributed by atoms with Crippen LogP contribution in [0.3, 0.4) is 0 Å². The van der Waals surface area contributed by atoms with Crippen LogP contribution >= 0.6 is 0 Å². The molecule has 1 aromatic heterocycles. The van der Waals surface area contributed by atoms with Crippen LogP contribution in [0.15, 0.2) is 24.5 Å². The van der Waals surface area contributed by atoms with Gasteiger partial charge < -0.3 is 8.92 Å². The van der Waals surface area contributed by atoms with Crippen molar-refractivity contribution in [1.29, 1.82) is 0 Å². The molecule has 1 aromatic carbocycles. The van der Waals surface area contributed by atoms with Crippen LogP contribution in [-0.2, 0) is 27.0 Å². The maximum absolute atomic E-state index is 13.8. The Hall–Kier alpha value is -2.07. The number of ether oxygens (including phenoxy) is 1. The lowest BCUT2D eigenvalue weighted by molar-refractivity contribution is 0.261. The number of epoxide rings is 1. The topological polar surface area (TPSA) is 86.6 Å².